The number of carbonyl (C=O) groups excluding carboxylic acids is 3. The minimum atomic E-state index is -0.742. The van der Waals surface area contributed by atoms with Crippen molar-refractivity contribution in [1.82, 2.24) is 0 Å². The van der Waals surface area contributed by atoms with Crippen molar-refractivity contribution in [3.05, 3.63) is 42.5 Å². The molecule has 0 saturated heterocycles. The fourth-order valence-corrected chi connectivity index (χ4v) is 1.49. The van der Waals surface area contributed by atoms with Gasteiger partial charge in [0.2, 0.25) is 0 Å². The van der Waals surface area contributed by atoms with Crippen LogP contribution in [0.1, 0.15) is 6.42 Å². The van der Waals surface area contributed by atoms with Crippen molar-refractivity contribution in [1.29, 1.82) is 0 Å². The highest BCUT2D eigenvalue weighted by Gasteiger charge is 2.17. The van der Waals surface area contributed by atoms with E-state index in [-0.39, 0.29) is 13.0 Å². The summed E-state index contributed by atoms with van der Waals surface area (Å²) in [5.74, 6) is -1.50. The van der Waals surface area contributed by atoms with Gasteiger partial charge in [-0.3, -0.25) is 4.79 Å². The van der Waals surface area contributed by atoms with E-state index in [0.717, 1.165) is 12.2 Å². The van der Waals surface area contributed by atoms with Crippen molar-refractivity contribution < 1.29 is 33.3 Å². The summed E-state index contributed by atoms with van der Waals surface area (Å²) in [5.41, 5.74) is 0. The number of ether oxygens (including phenoxy) is 4. The number of methoxy groups -OCH3 is 2. The first-order valence-corrected chi connectivity index (χ1v) is 6.76. The predicted octanol–water partition coefficient (Wildman–Crippen LogP) is 1.27. The van der Waals surface area contributed by atoms with E-state index in [1.165, 1.54) is 14.2 Å². The van der Waals surface area contributed by atoms with Gasteiger partial charge in [-0.2, -0.15) is 0 Å². The molecule has 7 heteroatoms. The fourth-order valence-electron chi connectivity index (χ4n) is 1.49. The van der Waals surface area contributed by atoms with Crippen molar-refractivity contribution in [2.24, 2.45) is 0 Å². The molecule has 0 aliphatic carbocycles. The van der Waals surface area contributed by atoms with Gasteiger partial charge in [0.05, 0.1) is 13.5 Å². The van der Waals surface area contributed by atoms with E-state index >= 15 is 0 Å². The second kappa shape index (κ2) is 10.1. The van der Waals surface area contributed by atoms with Gasteiger partial charge < -0.3 is 18.9 Å². The number of carbonyl (C=O) groups is 3. The van der Waals surface area contributed by atoms with Crippen molar-refractivity contribution in [3.8, 4) is 5.75 Å². The Bertz CT molecular complexity index is 551. The summed E-state index contributed by atoms with van der Waals surface area (Å²) in [6.45, 7) is -0.148. The van der Waals surface area contributed by atoms with Crippen molar-refractivity contribution in [3.63, 3.8) is 0 Å². The molecular formula is C16H18O7. The zero-order chi connectivity index (χ0) is 17.1. The van der Waals surface area contributed by atoms with E-state index in [1.54, 1.807) is 30.3 Å². The molecule has 0 N–H and O–H groups in total. The molecule has 1 aromatic carbocycles. The lowest BCUT2D eigenvalue weighted by atomic mass is 10.2. The summed E-state index contributed by atoms with van der Waals surface area (Å²) in [7, 11) is 2.58. The smallest absolute Gasteiger partial charge is 0.331 e. The highest BCUT2D eigenvalue weighted by Crippen LogP contribution is 2.10. The van der Waals surface area contributed by atoms with E-state index in [0.29, 0.717) is 5.75 Å². The Morgan fingerprint density at radius 3 is 2.30 bits per heavy atom. The largest absolute Gasteiger partial charge is 0.466 e. The quantitative estimate of drug-likeness (QED) is 0.404. The predicted molar refractivity (Wildman–Crippen MR) is 79.6 cm³/mol. The molecule has 1 rings (SSSR count). The molecule has 0 bridgehead atoms. The van der Waals surface area contributed by atoms with Crippen LogP contribution in [0.3, 0.4) is 0 Å². The Morgan fingerprint density at radius 2 is 1.70 bits per heavy atom. The number of hydrogen-bond donors (Lipinski definition) is 0. The summed E-state index contributed by atoms with van der Waals surface area (Å²) in [4.78, 5) is 34.0. The molecule has 0 saturated carbocycles. The number of para-hydroxylation sites is 1. The Labute approximate surface area is 133 Å². The lowest BCUT2D eigenvalue weighted by Gasteiger charge is -2.14. The zero-order valence-corrected chi connectivity index (χ0v) is 12.9. The molecule has 1 aromatic rings. The average molecular weight is 322 g/mol. The molecule has 1 unspecified atom stereocenters. The van der Waals surface area contributed by atoms with Gasteiger partial charge in [0.15, 0.2) is 0 Å². The molecule has 0 heterocycles. The molecule has 1 atom stereocenters. The van der Waals surface area contributed by atoms with Gasteiger partial charge in [-0.25, -0.2) is 9.59 Å². The van der Waals surface area contributed by atoms with E-state index in [2.05, 4.69) is 4.74 Å². The van der Waals surface area contributed by atoms with Gasteiger partial charge >= 0.3 is 17.9 Å². The van der Waals surface area contributed by atoms with Crippen LogP contribution < -0.4 is 4.74 Å². The van der Waals surface area contributed by atoms with Crippen LogP contribution >= 0.6 is 0 Å². The van der Waals surface area contributed by atoms with Crippen LogP contribution in [0.15, 0.2) is 42.5 Å². The normalized spacial score (nSPS) is 11.7. The molecule has 7 nitrogen and oxygen atoms in total. The van der Waals surface area contributed by atoms with E-state index < -0.39 is 24.0 Å². The molecule has 0 aromatic heterocycles. The van der Waals surface area contributed by atoms with Gasteiger partial charge in [-0.15, -0.1) is 0 Å². The van der Waals surface area contributed by atoms with Crippen molar-refractivity contribution in [2.45, 2.75) is 12.5 Å². The summed E-state index contributed by atoms with van der Waals surface area (Å²) < 4.78 is 19.4. The monoisotopic (exact) mass is 322 g/mol. The second-order valence-electron chi connectivity index (χ2n) is 4.34. The van der Waals surface area contributed by atoms with Gasteiger partial charge in [-0.05, 0) is 12.1 Å². The van der Waals surface area contributed by atoms with Crippen molar-refractivity contribution >= 4 is 17.9 Å². The van der Waals surface area contributed by atoms with Crippen LogP contribution in [0.5, 0.6) is 5.75 Å². The van der Waals surface area contributed by atoms with E-state index in [1.807, 2.05) is 0 Å². The summed E-state index contributed by atoms with van der Waals surface area (Å²) in [5, 5.41) is 0. The first-order valence-electron chi connectivity index (χ1n) is 6.76. The lowest BCUT2D eigenvalue weighted by Crippen LogP contribution is -2.25. The Morgan fingerprint density at radius 1 is 1.04 bits per heavy atom. The average Bonchev–Trinajstić information content (AvgIpc) is 2.57. The number of benzene rings is 1. The molecule has 23 heavy (non-hydrogen) atoms. The lowest BCUT2D eigenvalue weighted by molar-refractivity contribution is -0.146. The van der Waals surface area contributed by atoms with Crippen LogP contribution in [-0.4, -0.2) is 44.8 Å². The van der Waals surface area contributed by atoms with Crippen LogP contribution in [0.4, 0.5) is 0 Å². The Kier molecular flexibility index (Phi) is 8.09. The topological polar surface area (TPSA) is 88.1 Å². The molecular weight excluding hydrogens is 304 g/mol. The maximum absolute atomic E-state index is 11.8. The Hall–Kier alpha value is -2.67. The highest BCUT2D eigenvalue weighted by atomic mass is 16.6. The maximum atomic E-state index is 11.8. The minimum absolute atomic E-state index is 0.0839. The third-order valence-electron chi connectivity index (χ3n) is 2.67. The highest BCUT2D eigenvalue weighted by molar-refractivity contribution is 5.91. The van der Waals surface area contributed by atoms with Crippen LogP contribution in [0.25, 0.3) is 0 Å². The van der Waals surface area contributed by atoms with Crippen LogP contribution in [0.2, 0.25) is 0 Å². The maximum Gasteiger partial charge on any atom is 0.331 e. The molecule has 0 aliphatic rings. The molecule has 0 fully saturated rings. The van der Waals surface area contributed by atoms with Crippen LogP contribution in [0, 0.1) is 0 Å². The number of hydrogen-bond acceptors (Lipinski definition) is 7. The first kappa shape index (κ1) is 18.4. The zero-order valence-electron chi connectivity index (χ0n) is 12.9. The van der Waals surface area contributed by atoms with Crippen LogP contribution in [-0.2, 0) is 28.6 Å². The number of rotatable bonds is 8. The van der Waals surface area contributed by atoms with Gasteiger partial charge in [-0.1, -0.05) is 18.2 Å². The molecule has 0 spiro atoms. The van der Waals surface area contributed by atoms with Crippen molar-refractivity contribution in [2.75, 3.05) is 20.8 Å². The fraction of sp³-hybridized carbons (Fsp3) is 0.312. The summed E-state index contributed by atoms with van der Waals surface area (Å²) in [6, 6.07) is 8.59. The summed E-state index contributed by atoms with van der Waals surface area (Å²) >= 11 is 0. The first-order chi connectivity index (χ1) is 11.0. The SMILES string of the molecule is COC(=O)C=CC(=O)OCC(CC(=O)Oc1ccccc1)OC. The standard InChI is InChI=1S/C16H18O7/c1-20-13(11-22-15(18)9-8-14(17)21-2)10-16(19)23-12-6-4-3-5-7-12/h3-9,13H,10-11H2,1-2H3. The number of esters is 3. The minimum Gasteiger partial charge on any atom is -0.466 e. The van der Waals surface area contributed by atoms with Gasteiger partial charge in [0.25, 0.3) is 0 Å². The van der Waals surface area contributed by atoms with Gasteiger partial charge in [0, 0.05) is 19.3 Å². The molecule has 0 aliphatic heterocycles. The van der Waals surface area contributed by atoms with Gasteiger partial charge in [0.1, 0.15) is 18.5 Å². The Balaban J connectivity index is 2.39. The second-order valence-corrected chi connectivity index (χ2v) is 4.34. The molecule has 0 amide bonds. The summed E-state index contributed by atoms with van der Waals surface area (Å²) in [6.07, 6.45) is 1.13. The molecule has 0 radical (unpaired) electrons. The van der Waals surface area contributed by atoms with E-state index in [9.17, 15) is 14.4 Å². The van der Waals surface area contributed by atoms with E-state index in [4.69, 9.17) is 14.2 Å². The third-order valence-corrected chi connectivity index (χ3v) is 2.67. The third kappa shape index (κ3) is 7.77. The molecule has 124 valence electrons.